The molecule has 3 aliphatic carbocycles. The Labute approximate surface area is 140 Å². The van der Waals surface area contributed by atoms with Crippen molar-refractivity contribution in [2.45, 2.75) is 19.8 Å². The molecule has 1 aromatic rings. The van der Waals surface area contributed by atoms with Crippen LogP contribution in [0.4, 0.5) is 5.69 Å². The first-order valence-corrected chi connectivity index (χ1v) is 8.31. The van der Waals surface area contributed by atoms with E-state index in [0.717, 1.165) is 18.4 Å². The highest BCUT2D eigenvalue weighted by atomic mass is 35.5. The molecule has 2 amide bonds. The lowest BCUT2D eigenvalue weighted by atomic mass is 9.63. The Bertz CT molecular complexity index is 710. The molecule has 1 saturated carbocycles. The third-order valence-corrected chi connectivity index (χ3v) is 5.87. The predicted octanol–water partition coefficient (Wildman–Crippen LogP) is 3.36. The van der Waals surface area contributed by atoms with E-state index in [1.807, 2.05) is 6.92 Å². The van der Waals surface area contributed by atoms with Gasteiger partial charge in [-0.2, -0.15) is 0 Å². The third-order valence-electron chi connectivity index (χ3n) is 5.46. The number of hydrogen-bond acceptors (Lipinski definition) is 3. The average molecular weight is 332 g/mol. The van der Waals surface area contributed by atoms with Crippen LogP contribution in [0, 0.1) is 30.6 Å². The van der Waals surface area contributed by atoms with Crippen LogP contribution >= 0.6 is 11.6 Å². The monoisotopic (exact) mass is 331 g/mol. The highest BCUT2D eigenvalue weighted by molar-refractivity contribution is 6.32. The summed E-state index contributed by atoms with van der Waals surface area (Å²) >= 11 is 6.14. The van der Waals surface area contributed by atoms with Gasteiger partial charge in [0, 0.05) is 11.1 Å². The summed E-state index contributed by atoms with van der Waals surface area (Å²) in [6.07, 6.45) is 6.22. The molecule has 2 bridgehead atoms. The van der Waals surface area contributed by atoms with Gasteiger partial charge in [0.25, 0.3) is 0 Å². The molecule has 0 spiro atoms. The van der Waals surface area contributed by atoms with Crippen LogP contribution in [-0.2, 0) is 9.59 Å². The summed E-state index contributed by atoms with van der Waals surface area (Å²) in [4.78, 5) is 27.3. The number of hydrogen-bond donors (Lipinski definition) is 0. The van der Waals surface area contributed by atoms with E-state index in [9.17, 15) is 9.59 Å². The zero-order valence-electron chi connectivity index (χ0n) is 13.1. The number of carbonyl (C=O) groups excluding carboxylic acids is 2. The average Bonchev–Trinajstić information content (AvgIpc) is 2.84. The highest BCUT2D eigenvalue weighted by Gasteiger charge is 2.57. The van der Waals surface area contributed by atoms with Gasteiger partial charge >= 0.3 is 0 Å². The van der Waals surface area contributed by atoms with E-state index in [1.165, 1.54) is 12.0 Å². The summed E-state index contributed by atoms with van der Waals surface area (Å²) in [5, 5.41) is 0.559. The minimum absolute atomic E-state index is 0.0981. The summed E-state index contributed by atoms with van der Waals surface area (Å²) in [5.74, 6) is 0.204. The summed E-state index contributed by atoms with van der Waals surface area (Å²) in [6.45, 7) is 1.86. The number of fused-ring (bicyclic) bond motifs is 1. The lowest BCUT2D eigenvalue weighted by Gasteiger charge is -2.38. The molecule has 1 aliphatic heterocycles. The van der Waals surface area contributed by atoms with Gasteiger partial charge in [0.15, 0.2) is 0 Å². The number of aryl methyl sites for hydroxylation is 1. The summed E-state index contributed by atoms with van der Waals surface area (Å²) in [5.41, 5.74) is 1.33. The maximum Gasteiger partial charge on any atom is 0.238 e. The number of rotatable bonds is 2. The molecular weight excluding hydrogens is 314 g/mol. The van der Waals surface area contributed by atoms with Crippen LogP contribution in [0.5, 0.6) is 5.75 Å². The second-order valence-corrected chi connectivity index (χ2v) is 7.03. The number of ether oxygens (including phenoxy) is 1. The van der Waals surface area contributed by atoms with E-state index < -0.39 is 0 Å². The van der Waals surface area contributed by atoms with Crippen LogP contribution in [0.15, 0.2) is 24.3 Å². The molecular formula is C18H18ClNO3. The van der Waals surface area contributed by atoms with E-state index in [1.54, 1.807) is 12.1 Å². The van der Waals surface area contributed by atoms with Crippen molar-refractivity contribution >= 4 is 29.1 Å². The largest absolute Gasteiger partial charge is 0.495 e. The van der Waals surface area contributed by atoms with E-state index in [0.29, 0.717) is 16.5 Å². The zero-order valence-corrected chi connectivity index (χ0v) is 13.8. The number of imide groups is 1. The fourth-order valence-corrected chi connectivity index (χ4v) is 4.45. The smallest absolute Gasteiger partial charge is 0.238 e. The molecule has 1 aromatic carbocycles. The normalized spacial score (nSPS) is 31.7. The number of anilines is 1. The number of nitrogens with zero attached hydrogens (tertiary/aromatic N) is 1. The van der Waals surface area contributed by atoms with Gasteiger partial charge in [-0.25, -0.2) is 4.90 Å². The summed E-state index contributed by atoms with van der Waals surface area (Å²) in [7, 11) is 1.52. The molecule has 0 aromatic heterocycles. The number of amides is 2. The zero-order chi connectivity index (χ0) is 16.3. The van der Waals surface area contributed by atoms with Gasteiger partial charge < -0.3 is 4.74 Å². The second kappa shape index (κ2) is 5.10. The summed E-state index contributed by atoms with van der Waals surface area (Å²) in [6, 6.07) is 3.44. The molecule has 4 atom stereocenters. The van der Waals surface area contributed by atoms with Gasteiger partial charge in [-0.15, -0.1) is 0 Å². The van der Waals surface area contributed by atoms with Crippen LogP contribution in [-0.4, -0.2) is 18.9 Å². The fraction of sp³-hybridized carbons (Fsp3) is 0.444. The Morgan fingerprint density at radius 1 is 1.09 bits per heavy atom. The van der Waals surface area contributed by atoms with Crippen LogP contribution in [0.25, 0.3) is 0 Å². The number of allylic oxidation sites excluding steroid dienone is 2. The van der Waals surface area contributed by atoms with E-state index in [-0.39, 0.29) is 35.5 Å². The van der Waals surface area contributed by atoms with Crippen molar-refractivity contribution in [2.24, 2.45) is 23.7 Å². The van der Waals surface area contributed by atoms with Gasteiger partial charge in [0.1, 0.15) is 5.75 Å². The van der Waals surface area contributed by atoms with Gasteiger partial charge in [0.05, 0.1) is 24.6 Å². The molecule has 120 valence electrons. The maximum atomic E-state index is 13.0. The molecule has 4 aliphatic rings. The number of halogens is 1. The molecule has 1 saturated heterocycles. The lowest BCUT2D eigenvalue weighted by molar-refractivity contribution is -0.124. The van der Waals surface area contributed by atoms with Crippen LogP contribution in [0.3, 0.4) is 0 Å². The molecule has 4 nitrogen and oxygen atoms in total. The van der Waals surface area contributed by atoms with Crippen LogP contribution in [0.2, 0.25) is 5.02 Å². The standard InChI is InChI=1S/C18H18ClNO3/c1-9-7-13(14(23-2)8-12(9)19)20-17(21)15-10-3-4-11(6-5-10)16(15)18(20)22/h3-4,7-8,10-11,15-16H,5-6H2,1-2H3/t10-,11+,15-,16+. The van der Waals surface area contributed by atoms with Crippen LogP contribution in [0.1, 0.15) is 18.4 Å². The Kier molecular flexibility index (Phi) is 3.27. The molecule has 0 N–H and O–H groups in total. The topological polar surface area (TPSA) is 46.6 Å². The first kappa shape index (κ1) is 14.8. The van der Waals surface area contributed by atoms with Crippen molar-refractivity contribution < 1.29 is 14.3 Å². The number of methoxy groups -OCH3 is 1. The van der Waals surface area contributed by atoms with E-state index in [2.05, 4.69) is 12.2 Å². The number of carbonyl (C=O) groups is 2. The van der Waals surface area contributed by atoms with Crippen molar-refractivity contribution in [2.75, 3.05) is 12.0 Å². The van der Waals surface area contributed by atoms with Crippen LogP contribution < -0.4 is 9.64 Å². The van der Waals surface area contributed by atoms with Gasteiger partial charge in [-0.1, -0.05) is 23.8 Å². The van der Waals surface area contributed by atoms with Gasteiger partial charge in [0.2, 0.25) is 11.8 Å². The summed E-state index contributed by atoms with van der Waals surface area (Å²) < 4.78 is 5.37. The van der Waals surface area contributed by atoms with Gasteiger partial charge in [-0.3, -0.25) is 9.59 Å². The molecule has 23 heavy (non-hydrogen) atoms. The molecule has 0 unspecified atom stereocenters. The molecule has 5 rings (SSSR count). The minimum atomic E-state index is -0.216. The van der Waals surface area contributed by atoms with E-state index in [4.69, 9.17) is 16.3 Å². The maximum absolute atomic E-state index is 13.0. The first-order chi connectivity index (χ1) is 11.0. The van der Waals surface area contributed by atoms with E-state index >= 15 is 0 Å². The Hall–Kier alpha value is -1.81. The minimum Gasteiger partial charge on any atom is -0.495 e. The predicted molar refractivity (Wildman–Crippen MR) is 87.6 cm³/mol. The number of benzene rings is 1. The van der Waals surface area contributed by atoms with Crippen molar-refractivity contribution in [3.63, 3.8) is 0 Å². The second-order valence-electron chi connectivity index (χ2n) is 6.63. The molecule has 5 heteroatoms. The molecule has 2 fully saturated rings. The SMILES string of the molecule is COc1cc(Cl)c(C)cc1N1C(=O)[C@@H]2[C@H](C1=O)[C@@H]1C=C[C@H]2CC1. The fourth-order valence-electron chi connectivity index (χ4n) is 4.30. The van der Waals surface area contributed by atoms with Crippen molar-refractivity contribution in [1.29, 1.82) is 0 Å². The Morgan fingerprint density at radius 2 is 1.65 bits per heavy atom. The highest BCUT2D eigenvalue weighted by Crippen LogP contribution is 2.51. The lowest BCUT2D eigenvalue weighted by Crippen LogP contribution is -2.38. The van der Waals surface area contributed by atoms with Gasteiger partial charge in [-0.05, 0) is 43.2 Å². The first-order valence-electron chi connectivity index (χ1n) is 7.93. The quantitative estimate of drug-likeness (QED) is 0.616. The van der Waals surface area contributed by atoms with Crippen molar-refractivity contribution in [3.05, 3.63) is 34.9 Å². The molecule has 0 radical (unpaired) electrons. The Balaban J connectivity index is 1.81. The van der Waals surface area contributed by atoms with Crippen molar-refractivity contribution in [1.82, 2.24) is 0 Å². The molecule has 1 heterocycles. The third kappa shape index (κ3) is 1.97. The Morgan fingerprint density at radius 3 is 2.13 bits per heavy atom. The van der Waals surface area contributed by atoms with Crippen molar-refractivity contribution in [3.8, 4) is 5.75 Å².